The van der Waals surface area contributed by atoms with E-state index >= 15 is 0 Å². The average molecular weight is 221 g/mol. The van der Waals surface area contributed by atoms with Crippen LogP contribution < -0.4 is 0 Å². The van der Waals surface area contributed by atoms with Crippen LogP contribution in [0.2, 0.25) is 0 Å². The van der Waals surface area contributed by atoms with Gasteiger partial charge in [-0.2, -0.15) is 0 Å². The van der Waals surface area contributed by atoms with Crippen LogP contribution in [-0.2, 0) is 4.79 Å². The number of benzene rings is 1. The molecular weight excluding hydrogens is 202 g/mol. The Kier molecular flexibility index (Phi) is 4.99. The lowest BCUT2D eigenvalue weighted by Crippen LogP contribution is -2.34. The zero-order valence-electron chi connectivity index (χ0n) is 9.89. The molecule has 1 aromatic rings. The van der Waals surface area contributed by atoms with Gasteiger partial charge < -0.3 is 5.11 Å². The highest BCUT2D eigenvalue weighted by molar-refractivity contribution is 5.75. The number of carboxylic acid groups (broad SMARTS) is 1. The second-order valence-corrected chi connectivity index (χ2v) is 3.78. The molecule has 1 N–H and O–H groups in total. The number of nitrogens with zero attached hydrogens (tertiary/aromatic N) is 1. The van der Waals surface area contributed by atoms with Gasteiger partial charge >= 0.3 is 5.97 Å². The van der Waals surface area contributed by atoms with Crippen molar-refractivity contribution in [1.82, 2.24) is 4.90 Å². The van der Waals surface area contributed by atoms with E-state index in [2.05, 4.69) is 6.92 Å². The summed E-state index contributed by atoms with van der Waals surface area (Å²) in [6.45, 7) is 5.61. The van der Waals surface area contributed by atoms with E-state index in [0.29, 0.717) is 0 Å². The predicted octanol–water partition coefficient (Wildman–Crippen LogP) is 2.54. The molecule has 3 heteroatoms. The molecule has 1 atom stereocenters. The van der Waals surface area contributed by atoms with E-state index in [4.69, 9.17) is 0 Å². The van der Waals surface area contributed by atoms with Crippen LogP contribution in [0.4, 0.5) is 0 Å². The summed E-state index contributed by atoms with van der Waals surface area (Å²) in [5.74, 6) is -0.776. The SMILES string of the molecule is CCCN(CC)C(C(=O)O)c1ccccc1. The molecule has 0 fully saturated rings. The van der Waals surface area contributed by atoms with Gasteiger partial charge in [-0.1, -0.05) is 44.2 Å². The number of carbonyl (C=O) groups is 1. The van der Waals surface area contributed by atoms with Crippen LogP contribution in [0.1, 0.15) is 31.9 Å². The smallest absolute Gasteiger partial charge is 0.325 e. The van der Waals surface area contributed by atoms with Gasteiger partial charge in [0.05, 0.1) is 0 Å². The molecule has 0 aromatic heterocycles. The fourth-order valence-corrected chi connectivity index (χ4v) is 1.90. The van der Waals surface area contributed by atoms with Gasteiger partial charge in [-0.3, -0.25) is 9.69 Å². The normalized spacial score (nSPS) is 12.7. The third-order valence-electron chi connectivity index (χ3n) is 2.63. The van der Waals surface area contributed by atoms with Crippen molar-refractivity contribution in [3.05, 3.63) is 35.9 Å². The Bertz CT molecular complexity index is 324. The summed E-state index contributed by atoms with van der Waals surface area (Å²) in [4.78, 5) is 13.3. The van der Waals surface area contributed by atoms with E-state index in [1.165, 1.54) is 0 Å². The van der Waals surface area contributed by atoms with Gasteiger partial charge in [0.1, 0.15) is 6.04 Å². The molecule has 1 aromatic carbocycles. The van der Waals surface area contributed by atoms with Crippen molar-refractivity contribution in [3.8, 4) is 0 Å². The van der Waals surface area contributed by atoms with Gasteiger partial charge in [-0.25, -0.2) is 0 Å². The summed E-state index contributed by atoms with van der Waals surface area (Å²) >= 11 is 0. The van der Waals surface area contributed by atoms with E-state index in [-0.39, 0.29) is 0 Å². The maximum absolute atomic E-state index is 11.3. The van der Waals surface area contributed by atoms with Crippen LogP contribution >= 0.6 is 0 Å². The summed E-state index contributed by atoms with van der Waals surface area (Å²) in [5.41, 5.74) is 0.852. The van der Waals surface area contributed by atoms with Crippen LogP contribution in [0.25, 0.3) is 0 Å². The molecule has 1 unspecified atom stereocenters. The van der Waals surface area contributed by atoms with Gasteiger partial charge in [0.15, 0.2) is 0 Å². The molecule has 0 saturated heterocycles. The first-order chi connectivity index (χ1) is 7.70. The Morgan fingerprint density at radius 3 is 2.38 bits per heavy atom. The van der Waals surface area contributed by atoms with Crippen molar-refractivity contribution in [1.29, 1.82) is 0 Å². The summed E-state index contributed by atoms with van der Waals surface area (Å²) in [7, 11) is 0. The number of hydrogen-bond donors (Lipinski definition) is 1. The zero-order valence-corrected chi connectivity index (χ0v) is 9.89. The van der Waals surface area contributed by atoms with Crippen LogP contribution in [0.15, 0.2) is 30.3 Å². The molecule has 0 aliphatic rings. The van der Waals surface area contributed by atoms with E-state index < -0.39 is 12.0 Å². The van der Waals surface area contributed by atoms with E-state index in [9.17, 15) is 9.90 Å². The van der Waals surface area contributed by atoms with Gasteiger partial charge in [-0.15, -0.1) is 0 Å². The Morgan fingerprint density at radius 2 is 1.94 bits per heavy atom. The number of rotatable bonds is 6. The Labute approximate surface area is 96.7 Å². The lowest BCUT2D eigenvalue weighted by atomic mass is 10.1. The standard InChI is InChI=1S/C13H19NO2/c1-3-10-14(4-2)12(13(15)16)11-8-6-5-7-9-11/h5-9,12H,3-4,10H2,1-2H3,(H,15,16). The molecule has 0 aliphatic carbocycles. The molecule has 88 valence electrons. The first-order valence-corrected chi connectivity index (χ1v) is 5.72. The molecule has 0 heterocycles. The van der Waals surface area contributed by atoms with Gasteiger partial charge in [-0.05, 0) is 25.1 Å². The van der Waals surface area contributed by atoms with Crippen LogP contribution in [0, 0.1) is 0 Å². The highest BCUT2D eigenvalue weighted by Gasteiger charge is 2.25. The van der Waals surface area contributed by atoms with E-state index in [1.807, 2.05) is 42.2 Å². The van der Waals surface area contributed by atoms with Gasteiger partial charge in [0.25, 0.3) is 0 Å². The van der Waals surface area contributed by atoms with Crippen LogP contribution in [0.3, 0.4) is 0 Å². The molecule has 1 rings (SSSR count). The summed E-state index contributed by atoms with van der Waals surface area (Å²) in [6, 6.07) is 8.88. The van der Waals surface area contributed by atoms with Crippen molar-refractivity contribution in [2.24, 2.45) is 0 Å². The minimum Gasteiger partial charge on any atom is -0.480 e. The fraction of sp³-hybridized carbons (Fsp3) is 0.462. The number of likely N-dealkylation sites (N-methyl/N-ethyl adjacent to an activating group) is 1. The molecule has 3 nitrogen and oxygen atoms in total. The average Bonchev–Trinajstić information content (AvgIpc) is 2.29. The molecule has 0 aliphatic heterocycles. The number of aliphatic carboxylic acids is 1. The summed E-state index contributed by atoms with van der Waals surface area (Å²) in [5, 5.41) is 9.31. The fourth-order valence-electron chi connectivity index (χ4n) is 1.90. The van der Waals surface area contributed by atoms with Crippen molar-refractivity contribution >= 4 is 5.97 Å². The summed E-state index contributed by atoms with van der Waals surface area (Å²) < 4.78 is 0. The zero-order chi connectivity index (χ0) is 12.0. The third kappa shape index (κ3) is 3.07. The quantitative estimate of drug-likeness (QED) is 0.802. The van der Waals surface area contributed by atoms with E-state index in [1.54, 1.807) is 0 Å². The third-order valence-corrected chi connectivity index (χ3v) is 2.63. The highest BCUT2D eigenvalue weighted by atomic mass is 16.4. The number of carboxylic acids is 1. The molecule has 0 spiro atoms. The van der Waals surface area contributed by atoms with Crippen LogP contribution in [0.5, 0.6) is 0 Å². The van der Waals surface area contributed by atoms with Gasteiger partial charge in [0, 0.05) is 0 Å². The molecule has 0 bridgehead atoms. The van der Waals surface area contributed by atoms with Crippen molar-refractivity contribution in [2.45, 2.75) is 26.3 Å². The maximum atomic E-state index is 11.3. The predicted molar refractivity (Wildman–Crippen MR) is 64.4 cm³/mol. The largest absolute Gasteiger partial charge is 0.480 e. The van der Waals surface area contributed by atoms with Crippen molar-refractivity contribution in [3.63, 3.8) is 0 Å². The minimum absolute atomic E-state index is 0.522. The first-order valence-electron chi connectivity index (χ1n) is 5.72. The molecule has 16 heavy (non-hydrogen) atoms. The van der Waals surface area contributed by atoms with E-state index in [0.717, 1.165) is 25.1 Å². The minimum atomic E-state index is -0.776. The first kappa shape index (κ1) is 12.7. The Balaban J connectivity index is 2.94. The van der Waals surface area contributed by atoms with Crippen molar-refractivity contribution < 1.29 is 9.90 Å². The number of hydrogen-bond acceptors (Lipinski definition) is 2. The monoisotopic (exact) mass is 221 g/mol. The van der Waals surface area contributed by atoms with Crippen molar-refractivity contribution in [2.75, 3.05) is 13.1 Å². The maximum Gasteiger partial charge on any atom is 0.325 e. The topological polar surface area (TPSA) is 40.5 Å². The van der Waals surface area contributed by atoms with Gasteiger partial charge in [0.2, 0.25) is 0 Å². The second kappa shape index (κ2) is 6.28. The molecule has 0 amide bonds. The summed E-state index contributed by atoms with van der Waals surface area (Å²) in [6.07, 6.45) is 0.963. The Morgan fingerprint density at radius 1 is 1.31 bits per heavy atom. The lowest BCUT2D eigenvalue weighted by molar-refractivity contribution is -0.143. The molecule has 0 saturated carbocycles. The second-order valence-electron chi connectivity index (χ2n) is 3.78. The lowest BCUT2D eigenvalue weighted by Gasteiger charge is -2.27. The highest BCUT2D eigenvalue weighted by Crippen LogP contribution is 2.20. The molecular formula is C13H19NO2. The molecule has 0 radical (unpaired) electrons. The van der Waals surface area contributed by atoms with Crippen LogP contribution in [-0.4, -0.2) is 29.1 Å². The Hall–Kier alpha value is -1.35.